The average Bonchev–Trinajstić information content (AvgIpc) is 2.54. The first kappa shape index (κ1) is 10.4. The van der Waals surface area contributed by atoms with Crippen LogP contribution in [0.1, 0.15) is 10.4 Å². The van der Waals surface area contributed by atoms with Crippen molar-refractivity contribution in [3.05, 3.63) is 34.4 Å². The van der Waals surface area contributed by atoms with Crippen LogP contribution in [0.5, 0.6) is 0 Å². The third-order valence-corrected chi connectivity index (χ3v) is 2.93. The number of halogens is 1. The van der Waals surface area contributed by atoms with E-state index in [1.54, 1.807) is 0 Å². The van der Waals surface area contributed by atoms with E-state index in [1.807, 2.05) is 36.0 Å². The van der Waals surface area contributed by atoms with Crippen LogP contribution in [0, 0.1) is 0 Å². The van der Waals surface area contributed by atoms with Gasteiger partial charge < -0.3 is 10.3 Å². The van der Waals surface area contributed by atoms with Crippen molar-refractivity contribution in [2.75, 3.05) is 6.54 Å². The van der Waals surface area contributed by atoms with Gasteiger partial charge in [0.2, 0.25) is 0 Å². The fourth-order valence-electron chi connectivity index (χ4n) is 1.70. The van der Waals surface area contributed by atoms with E-state index < -0.39 is 0 Å². The lowest BCUT2D eigenvalue weighted by Gasteiger charge is -1.96. The third kappa shape index (κ3) is 1.70. The molecule has 0 radical (unpaired) electrons. The molecule has 4 heteroatoms. The zero-order chi connectivity index (χ0) is 11.0. The number of rotatable bonds is 2. The molecule has 0 aliphatic heterocycles. The van der Waals surface area contributed by atoms with E-state index >= 15 is 0 Å². The number of fused-ring (bicyclic) bond motifs is 1. The molecule has 2 rings (SSSR count). The van der Waals surface area contributed by atoms with Gasteiger partial charge in [-0.15, -0.1) is 0 Å². The summed E-state index contributed by atoms with van der Waals surface area (Å²) >= 11 is 3.40. The Bertz CT molecular complexity index is 531. The van der Waals surface area contributed by atoms with Crippen LogP contribution in [0.25, 0.3) is 10.9 Å². The molecule has 0 aliphatic carbocycles. The van der Waals surface area contributed by atoms with Crippen LogP contribution in [0.15, 0.2) is 28.9 Å². The van der Waals surface area contributed by atoms with Crippen molar-refractivity contribution in [2.45, 2.75) is 0 Å². The molecule has 0 fully saturated rings. The largest absolute Gasteiger partial charge is 0.350 e. The Morgan fingerprint density at radius 1 is 1.53 bits per heavy atom. The molecule has 1 heterocycles. The Balaban J connectivity index is 2.75. The predicted octanol–water partition coefficient (Wildman–Crippen LogP) is 2.08. The van der Waals surface area contributed by atoms with Gasteiger partial charge in [0.1, 0.15) is 0 Å². The van der Waals surface area contributed by atoms with Crippen molar-refractivity contribution in [3.8, 4) is 0 Å². The molecule has 2 aromatic rings. The lowest BCUT2D eigenvalue weighted by Crippen LogP contribution is -2.13. The highest BCUT2D eigenvalue weighted by Crippen LogP contribution is 2.24. The van der Waals surface area contributed by atoms with Crippen LogP contribution in [0.2, 0.25) is 0 Å². The Labute approximate surface area is 96.0 Å². The number of ketones is 1. The number of nitrogens with two attached hydrogens (primary N) is 1. The van der Waals surface area contributed by atoms with Crippen molar-refractivity contribution in [1.29, 1.82) is 0 Å². The molecule has 0 spiro atoms. The lowest BCUT2D eigenvalue weighted by atomic mass is 10.1. The van der Waals surface area contributed by atoms with E-state index in [9.17, 15) is 4.79 Å². The molecule has 0 unspecified atom stereocenters. The number of aromatic nitrogens is 1. The monoisotopic (exact) mass is 266 g/mol. The van der Waals surface area contributed by atoms with Crippen LogP contribution in [-0.4, -0.2) is 16.9 Å². The predicted molar refractivity (Wildman–Crippen MR) is 64.0 cm³/mol. The SMILES string of the molecule is Cn1cc(C(=O)CN)c2cc(Br)ccc21. The number of nitrogens with zero attached hydrogens (tertiary/aromatic N) is 1. The van der Waals surface area contributed by atoms with E-state index in [4.69, 9.17) is 5.73 Å². The van der Waals surface area contributed by atoms with Crippen LogP contribution >= 0.6 is 15.9 Å². The fourth-order valence-corrected chi connectivity index (χ4v) is 2.06. The van der Waals surface area contributed by atoms with Crippen molar-refractivity contribution in [2.24, 2.45) is 12.8 Å². The van der Waals surface area contributed by atoms with Crippen LogP contribution in [-0.2, 0) is 7.05 Å². The van der Waals surface area contributed by atoms with E-state index in [0.29, 0.717) is 5.56 Å². The van der Waals surface area contributed by atoms with E-state index in [1.165, 1.54) is 0 Å². The first-order valence-corrected chi connectivity index (χ1v) is 5.40. The Morgan fingerprint density at radius 3 is 2.93 bits per heavy atom. The maximum Gasteiger partial charge on any atom is 0.178 e. The van der Waals surface area contributed by atoms with Gasteiger partial charge in [-0.25, -0.2) is 0 Å². The molecule has 1 aromatic carbocycles. The Morgan fingerprint density at radius 2 is 2.27 bits per heavy atom. The molecule has 1 aromatic heterocycles. The van der Waals surface area contributed by atoms with Gasteiger partial charge in [-0.1, -0.05) is 15.9 Å². The molecule has 2 N–H and O–H groups in total. The highest BCUT2D eigenvalue weighted by molar-refractivity contribution is 9.10. The molecule has 0 amide bonds. The average molecular weight is 267 g/mol. The van der Waals surface area contributed by atoms with Crippen molar-refractivity contribution < 1.29 is 4.79 Å². The summed E-state index contributed by atoms with van der Waals surface area (Å²) in [6, 6.07) is 5.88. The standard InChI is InChI=1S/C11H11BrN2O/c1-14-6-9(11(15)5-13)8-4-7(12)2-3-10(8)14/h2-4,6H,5,13H2,1H3. The highest BCUT2D eigenvalue weighted by Gasteiger charge is 2.12. The normalized spacial score (nSPS) is 10.9. The minimum Gasteiger partial charge on any atom is -0.350 e. The molecular weight excluding hydrogens is 256 g/mol. The van der Waals surface area contributed by atoms with Gasteiger partial charge in [0, 0.05) is 34.2 Å². The van der Waals surface area contributed by atoms with Gasteiger partial charge in [0.05, 0.1) is 6.54 Å². The molecule has 78 valence electrons. The summed E-state index contributed by atoms with van der Waals surface area (Å²) < 4.78 is 2.90. The molecule has 0 aliphatic rings. The van der Waals surface area contributed by atoms with Gasteiger partial charge in [-0.3, -0.25) is 4.79 Å². The number of Topliss-reactive ketones (excluding diaryl/α,β-unsaturated/α-hetero) is 1. The van der Waals surface area contributed by atoms with Gasteiger partial charge in [0.15, 0.2) is 5.78 Å². The summed E-state index contributed by atoms with van der Waals surface area (Å²) in [4.78, 5) is 11.6. The third-order valence-electron chi connectivity index (χ3n) is 2.44. The van der Waals surface area contributed by atoms with Gasteiger partial charge in [-0.05, 0) is 18.2 Å². The van der Waals surface area contributed by atoms with Crippen molar-refractivity contribution in [1.82, 2.24) is 4.57 Å². The first-order chi connectivity index (χ1) is 7.13. The molecule has 15 heavy (non-hydrogen) atoms. The molecular formula is C11H11BrN2O. The minimum absolute atomic E-state index is 0.0290. The molecule has 0 saturated heterocycles. The lowest BCUT2D eigenvalue weighted by molar-refractivity contribution is 0.100. The zero-order valence-electron chi connectivity index (χ0n) is 8.33. The summed E-state index contributed by atoms with van der Waals surface area (Å²) in [6.07, 6.45) is 1.83. The minimum atomic E-state index is -0.0290. The van der Waals surface area contributed by atoms with E-state index in [-0.39, 0.29) is 12.3 Å². The van der Waals surface area contributed by atoms with Gasteiger partial charge >= 0.3 is 0 Å². The zero-order valence-corrected chi connectivity index (χ0v) is 9.91. The van der Waals surface area contributed by atoms with Gasteiger partial charge in [0.25, 0.3) is 0 Å². The number of hydrogen-bond donors (Lipinski definition) is 1. The fraction of sp³-hybridized carbons (Fsp3) is 0.182. The quantitative estimate of drug-likeness (QED) is 0.847. The second-order valence-corrected chi connectivity index (χ2v) is 4.36. The molecule has 0 saturated carbocycles. The summed E-state index contributed by atoms with van der Waals surface area (Å²) in [5, 5.41) is 0.947. The van der Waals surface area contributed by atoms with Crippen molar-refractivity contribution >= 4 is 32.6 Å². The van der Waals surface area contributed by atoms with Crippen LogP contribution in [0.4, 0.5) is 0 Å². The van der Waals surface area contributed by atoms with Crippen LogP contribution < -0.4 is 5.73 Å². The summed E-state index contributed by atoms with van der Waals surface area (Å²) in [7, 11) is 1.92. The maximum absolute atomic E-state index is 11.6. The molecule has 0 atom stereocenters. The summed E-state index contributed by atoms with van der Waals surface area (Å²) in [5.41, 5.74) is 7.10. The summed E-state index contributed by atoms with van der Waals surface area (Å²) in [5.74, 6) is -0.0290. The Kier molecular flexibility index (Phi) is 2.63. The topological polar surface area (TPSA) is 48.0 Å². The smallest absolute Gasteiger partial charge is 0.178 e. The molecule has 3 nitrogen and oxygen atoms in total. The highest BCUT2D eigenvalue weighted by atomic mass is 79.9. The second kappa shape index (κ2) is 3.79. The number of carbonyl (C=O) groups is 1. The van der Waals surface area contributed by atoms with E-state index in [2.05, 4.69) is 15.9 Å². The van der Waals surface area contributed by atoms with Gasteiger partial charge in [-0.2, -0.15) is 0 Å². The maximum atomic E-state index is 11.6. The number of benzene rings is 1. The number of aryl methyl sites for hydroxylation is 1. The first-order valence-electron chi connectivity index (χ1n) is 4.61. The van der Waals surface area contributed by atoms with Crippen LogP contribution in [0.3, 0.4) is 0 Å². The second-order valence-electron chi connectivity index (χ2n) is 3.44. The summed E-state index contributed by atoms with van der Waals surface area (Å²) in [6.45, 7) is 0.0472. The van der Waals surface area contributed by atoms with E-state index in [0.717, 1.165) is 15.4 Å². The number of carbonyl (C=O) groups excluding carboxylic acids is 1. The Hall–Kier alpha value is -1.13. The number of hydrogen-bond acceptors (Lipinski definition) is 2. The van der Waals surface area contributed by atoms with Crippen molar-refractivity contribution in [3.63, 3.8) is 0 Å². The molecule has 0 bridgehead atoms.